The summed E-state index contributed by atoms with van der Waals surface area (Å²) in [6.45, 7) is 54.8. The van der Waals surface area contributed by atoms with E-state index in [0.29, 0.717) is 41.8 Å². The molecule has 4 heterocycles. The van der Waals surface area contributed by atoms with Gasteiger partial charge in [0.1, 0.15) is 0 Å². The molecule has 0 aliphatic carbocycles. The highest BCUT2D eigenvalue weighted by Crippen LogP contribution is 2.24. The fraction of sp³-hybridized carbons (Fsp3) is 1.00. The van der Waals surface area contributed by atoms with Gasteiger partial charge in [-0.15, -0.1) is 0 Å². The summed E-state index contributed by atoms with van der Waals surface area (Å²) in [5.41, 5.74) is 0.330. The van der Waals surface area contributed by atoms with E-state index < -0.39 is 0 Å². The number of rotatable bonds is 10. The molecule has 4 rings (SSSR count). The summed E-state index contributed by atoms with van der Waals surface area (Å²) < 4.78 is 0. The number of hydrogen-bond acceptors (Lipinski definition) is 8. The van der Waals surface area contributed by atoms with Crippen molar-refractivity contribution >= 4 is 0 Å². The van der Waals surface area contributed by atoms with Crippen LogP contribution < -0.4 is 10.6 Å². The standard InChI is InChI=1S/C12H26N2.2C11H24N2.C10H22N2/c1-10(2)13-7-8-14(11(3)4)12(5,6)9-13;2*1-9(2)12-11-6-5-7-13(8-11)10(3)4;1-9(2)11-5-7-12(8-6-11)10(3)4/h10-11H,7-9H2,1-6H3;2*9-12H,5-8H2,1-4H3;9-10H,5-8H2,1-4H3. The highest BCUT2D eigenvalue weighted by Gasteiger charge is 2.35. The van der Waals surface area contributed by atoms with Gasteiger partial charge in [0, 0.05) is 125 Å². The summed E-state index contributed by atoms with van der Waals surface area (Å²) >= 11 is 0. The summed E-state index contributed by atoms with van der Waals surface area (Å²) in [4.78, 5) is 15.5. The second kappa shape index (κ2) is 25.0. The Morgan fingerprint density at radius 1 is 0.404 bits per heavy atom. The zero-order chi connectivity index (χ0) is 39.8. The van der Waals surface area contributed by atoms with Gasteiger partial charge in [-0.3, -0.25) is 29.4 Å². The Kier molecular flexibility index (Phi) is 23.9. The van der Waals surface area contributed by atoms with Crippen molar-refractivity contribution in [2.45, 2.75) is 216 Å². The number of nitrogens with one attached hydrogen (secondary N) is 2. The van der Waals surface area contributed by atoms with Crippen molar-refractivity contribution in [2.24, 2.45) is 0 Å². The Morgan fingerprint density at radius 2 is 0.731 bits per heavy atom. The molecule has 0 amide bonds. The summed E-state index contributed by atoms with van der Waals surface area (Å²) in [6.07, 6.45) is 5.40. The van der Waals surface area contributed by atoms with Gasteiger partial charge in [-0.25, -0.2) is 0 Å². The van der Waals surface area contributed by atoms with Gasteiger partial charge in [0.15, 0.2) is 0 Å². The van der Waals surface area contributed by atoms with Crippen LogP contribution in [0.3, 0.4) is 0 Å². The number of nitrogens with zero attached hydrogens (tertiary/aromatic N) is 6. The molecule has 4 aliphatic heterocycles. The molecular weight excluding hydrogens is 641 g/mol. The molecule has 2 atom stereocenters. The second-order valence-electron chi connectivity index (χ2n) is 19.4. The third kappa shape index (κ3) is 19.5. The molecule has 0 bridgehead atoms. The SMILES string of the molecule is CC(C)N1CCN(C(C)C)C(C)(C)C1.CC(C)N1CCN(C(C)C)CC1.CC(C)NC1CCCN(C(C)C)C1.CC(C)NC1CCCN(C(C)C)C1. The molecular formula is C44H96N8. The highest BCUT2D eigenvalue weighted by molar-refractivity contribution is 4.92. The van der Waals surface area contributed by atoms with Crippen LogP contribution in [0, 0.1) is 0 Å². The first-order valence-electron chi connectivity index (χ1n) is 22.1. The number of piperidine rings is 2. The van der Waals surface area contributed by atoms with E-state index in [1.165, 1.54) is 97.7 Å². The Labute approximate surface area is 327 Å². The molecule has 2 N–H and O–H groups in total. The van der Waals surface area contributed by atoms with Crippen LogP contribution in [0.5, 0.6) is 0 Å². The van der Waals surface area contributed by atoms with E-state index in [4.69, 9.17) is 0 Å². The second-order valence-corrected chi connectivity index (χ2v) is 19.4. The van der Waals surface area contributed by atoms with Crippen molar-refractivity contribution in [3.63, 3.8) is 0 Å². The summed E-state index contributed by atoms with van der Waals surface area (Å²) in [7, 11) is 0. The topological polar surface area (TPSA) is 43.5 Å². The third-order valence-corrected chi connectivity index (χ3v) is 11.7. The Hall–Kier alpha value is -0.320. The molecule has 4 aliphatic rings. The van der Waals surface area contributed by atoms with E-state index in [1.54, 1.807) is 0 Å². The molecule has 4 fully saturated rings. The van der Waals surface area contributed by atoms with Gasteiger partial charge >= 0.3 is 0 Å². The van der Waals surface area contributed by atoms with Gasteiger partial charge in [-0.1, -0.05) is 27.7 Å². The van der Waals surface area contributed by atoms with E-state index in [1.807, 2.05) is 0 Å². The van der Waals surface area contributed by atoms with Crippen molar-refractivity contribution < 1.29 is 0 Å². The van der Waals surface area contributed by atoms with E-state index in [2.05, 4.69) is 165 Å². The number of likely N-dealkylation sites (tertiary alicyclic amines) is 2. The van der Waals surface area contributed by atoms with Crippen LogP contribution in [0.1, 0.15) is 150 Å². The average molecular weight is 737 g/mol. The lowest BCUT2D eigenvalue weighted by molar-refractivity contribution is -0.0129. The Morgan fingerprint density at radius 3 is 1.00 bits per heavy atom. The normalized spacial score (nSPS) is 24.8. The van der Waals surface area contributed by atoms with Crippen molar-refractivity contribution in [1.29, 1.82) is 0 Å². The van der Waals surface area contributed by atoms with Crippen LogP contribution >= 0.6 is 0 Å². The summed E-state index contributed by atoms with van der Waals surface area (Å²) in [5.74, 6) is 0. The Bertz CT molecular complexity index is 827. The van der Waals surface area contributed by atoms with Crippen molar-refractivity contribution in [3.05, 3.63) is 0 Å². The number of hydrogen-bond donors (Lipinski definition) is 2. The quantitative estimate of drug-likeness (QED) is 0.242. The first-order valence-corrected chi connectivity index (χ1v) is 22.1. The molecule has 0 radical (unpaired) electrons. The fourth-order valence-corrected chi connectivity index (χ4v) is 8.54. The van der Waals surface area contributed by atoms with E-state index in [0.717, 1.165) is 24.2 Å². The number of piperazine rings is 2. The first kappa shape index (κ1) is 49.7. The first-order chi connectivity index (χ1) is 24.1. The van der Waals surface area contributed by atoms with Crippen LogP contribution in [-0.4, -0.2) is 167 Å². The molecule has 8 nitrogen and oxygen atoms in total. The predicted octanol–water partition coefficient (Wildman–Crippen LogP) is 7.33. The largest absolute Gasteiger partial charge is 0.311 e. The minimum Gasteiger partial charge on any atom is -0.311 e. The van der Waals surface area contributed by atoms with Gasteiger partial charge in [0.25, 0.3) is 0 Å². The van der Waals surface area contributed by atoms with Gasteiger partial charge in [0.05, 0.1) is 0 Å². The van der Waals surface area contributed by atoms with Crippen LogP contribution in [0.15, 0.2) is 0 Å². The fourth-order valence-electron chi connectivity index (χ4n) is 8.54. The monoisotopic (exact) mass is 737 g/mol. The minimum atomic E-state index is 0.330. The van der Waals surface area contributed by atoms with E-state index >= 15 is 0 Å². The maximum Gasteiger partial charge on any atom is 0.0283 e. The van der Waals surface area contributed by atoms with E-state index in [9.17, 15) is 0 Å². The van der Waals surface area contributed by atoms with Gasteiger partial charge < -0.3 is 10.6 Å². The molecule has 0 spiro atoms. The zero-order valence-electron chi connectivity index (χ0n) is 38.6. The van der Waals surface area contributed by atoms with Crippen LogP contribution in [0.25, 0.3) is 0 Å². The molecule has 0 saturated carbocycles. The lowest BCUT2D eigenvalue weighted by atomic mass is 9.96. The molecule has 52 heavy (non-hydrogen) atoms. The molecule has 0 aromatic rings. The average Bonchev–Trinajstić information content (AvgIpc) is 3.04. The smallest absolute Gasteiger partial charge is 0.0283 e. The lowest BCUT2D eigenvalue weighted by Crippen LogP contribution is -2.62. The Balaban J connectivity index is 0.000000347. The molecule has 8 heteroatoms. The van der Waals surface area contributed by atoms with Gasteiger partial charge in [-0.2, -0.15) is 0 Å². The van der Waals surface area contributed by atoms with Crippen LogP contribution in [-0.2, 0) is 0 Å². The third-order valence-electron chi connectivity index (χ3n) is 11.7. The lowest BCUT2D eigenvalue weighted by Gasteiger charge is -2.50. The molecule has 2 unspecified atom stereocenters. The zero-order valence-corrected chi connectivity index (χ0v) is 38.6. The van der Waals surface area contributed by atoms with Crippen molar-refractivity contribution in [1.82, 2.24) is 40.0 Å². The highest BCUT2D eigenvalue weighted by atomic mass is 15.3. The van der Waals surface area contributed by atoms with Crippen LogP contribution in [0.2, 0.25) is 0 Å². The molecule has 4 saturated heterocycles. The van der Waals surface area contributed by atoms with Gasteiger partial charge in [-0.05, 0) is 136 Å². The van der Waals surface area contributed by atoms with E-state index in [-0.39, 0.29) is 0 Å². The summed E-state index contributed by atoms with van der Waals surface area (Å²) in [6, 6.07) is 6.89. The maximum atomic E-state index is 3.62. The molecule has 0 aromatic carbocycles. The molecule has 0 aromatic heterocycles. The van der Waals surface area contributed by atoms with Crippen molar-refractivity contribution in [2.75, 3.05) is 72.0 Å². The maximum absolute atomic E-state index is 3.62. The van der Waals surface area contributed by atoms with Crippen molar-refractivity contribution in [3.8, 4) is 0 Å². The van der Waals surface area contributed by atoms with Crippen LogP contribution in [0.4, 0.5) is 0 Å². The van der Waals surface area contributed by atoms with Gasteiger partial charge in [0.2, 0.25) is 0 Å². The summed E-state index contributed by atoms with van der Waals surface area (Å²) in [5, 5.41) is 7.25. The molecule has 312 valence electrons. The predicted molar refractivity (Wildman–Crippen MR) is 232 cm³/mol. The minimum absolute atomic E-state index is 0.330.